The van der Waals surface area contributed by atoms with E-state index in [-0.39, 0.29) is 16.7 Å². The van der Waals surface area contributed by atoms with Crippen molar-refractivity contribution in [1.29, 1.82) is 0 Å². The van der Waals surface area contributed by atoms with Gasteiger partial charge in [-0.05, 0) is 53.7 Å². The van der Waals surface area contributed by atoms with E-state index in [1.165, 1.54) is 57.8 Å². The molecule has 1 aliphatic rings. The van der Waals surface area contributed by atoms with Gasteiger partial charge in [-0.1, -0.05) is 126 Å². The zero-order valence-corrected chi connectivity index (χ0v) is 28.0. The monoisotopic (exact) mass is 573 g/mol. The molecule has 0 aliphatic carbocycles. The zero-order chi connectivity index (χ0) is 30.4. The molecule has 1 saturated heterocycles. The minimum absolute atomic E-state index is 0.0511. The van der Waals surface area contributed by atoms with Gasteiger partial charge < -0.3 is 19.5 Å². The van der Waals surface area contributed by atoms with E-state index >= 15 is 0 Å². The first kappa shape index (κ1) is 35.6. The molecule has 1 amide bonds. The van der Waals surface area contributed by atoms with Crippen molar-refractivity contribution >= 4 is 11.6 Å². The molecule has 2 atom stereocenters. The molecule has 236 valence electrons. The summed E-state index contributed by atoms with van der Waals surface area (Å²) < 4.78 is 19.0. The van der Waals surface area contributed by atoms with Gasteiger partial charge in [0.2, 0.25) is 5.79 Å². The summed E-state index contributed by atoms with van der Waals surface area (Å²) in [5.74, 6) is -0.374. The Morgan fingerprint density at radius 1 is 0.878 bits per heavy atom. The smallest absolute Gasteiger partial charge is 0.284 e. The molecule has 1 N–H and O–H groups in total. The molecule has 2 unspecified atom stereocenters. The molecule has 5 heteroatoms. The Bertz CT molecular complexity index is 875. The number of anilines is 1. The SMILES string of the molecule is CCCCCCCCOc1ccc(C(C)(C)C)cc1NC(=O)C1(OCCCCCCCC)CCC(C(C)(C)C)CO1. The number of amides is 1. The van der Waals surface area contributed by atoms with E-state index in [0.717, 1.165) is 31.2 Å². The summed E-state index contributed by atoms with van der Waals surface area (Å²) in [6, 6.07) is 6.19. The molecule has 0 spiro atoms. The maximum atomic E-state index is 14.0. The Morgan fingerprint density at radius 3 is 2.00 bits per heavy atom. The third-order valence-corrected chi connectivity index (χ3v) is 8.59. The largest absolute Gasteiger partial charge is 0.491 e. The van der Waals surface area contributed by atoms with Crippen molar-refractivity contribution in [3.63, 3.8) is 0 Å². The second-order valence-electron chi connectivity index (χ2n) is 14.3. The van der Waals surface area contributed by atoms with Gasteiger partial charge >= 0.3 is 0 Å². The predicted octanol–water partition coefficient (Wildman–Crippen LogP) is 10.2. The van der Waals surface area contributed by atoms with E-state index < -0.39 is 5.79 Å². The molecule has 1 aliphatic heterocycles. The Kier molecular flexibility index (Phi) is 15.2. The van der Waals surface area contributed by atoms with Crippen LogP contribution in [0.25, 0.3) is 0 Å². The minimum Gasteiger partial charge on any atom is -0.491 e. The summed E-state index contributed by atoms with van der Waals surface area (Å²) in [7, 11) is 0. The topological polar surface area (TPSA) is 56.8 Å². The molecule has 2 rings (SSSR count). The van der Waals surface area contributed by atoms with Crippen LogP contribution in [-0.2, 0) is 19.7 Å². The van der Waals surface area contributed by atoms with Crippen molar-refractivity contribution < 1.29 is 19.0 Å². The molecule has 0 bridgehead atoms. The van der Waals surface area contributed by atoms with Crippen LogP contribution < -0.4 is 10.1 Å². The Hall–Kier alpha value is -1.59. The van der Waals surface area contributed by atoms with Crippen LogP contribution in [0.3, 0.4) is 0 Å². The lowest BCUT2D eigenvalue weighted by atomic mass is 9.76. The molecule has 0 aromatic heterocycles. The van der Waals surface area contributed by atoms with E-state index in [1.54, 1.807) is 0 Å². The number of unbranched alkanes of at least 4 members (excludes halogenated alkanes) is 10. The summed E-state index contributed by atoms with van der Waals surface area (Å²) >= 11 is 0. The summed E-state index contributed by atoms with van der Waals surface area (Å²) in [4.78, 5) is 14.0. The van der Waals surface area contributed by atoms with Gasteiger partial charge in [0.25, 0.3) is 5.91 Å². The number of hydrogen-bond donors (Lipinski definition) is 1. The van der Waals surface area contributed by atoms with Gasteiger partial charge in [-0.3, -0.25) is 4.79 Å². The normalized spacial score (nSPS) is 19.8. The fourth-order valence-electron chi connectivity index (χ4n) is 5.42. The Labute approximate surface area is 252 Å². The van der Waals surface area contributed by atoms with Gasteiger partial charge in [0.05, 0.1) is 25.5 Å². The van der Waals surface area contributed by atoms with E-state index in [1.807, 2.05) is 6.07 Å². The van der Waals surface area contributed by atoms with Crippen molar-refractivity contribution in [2.24, 2.45) is 11.3 Å². The highest BCUT2D eigenvalue weighted by atomic mass is 16.7. The summed E-state index contributed by atoms with van der Waals surface area (Å²) in [5.41, 5.74) is 1.93. The maximum absolute atomic E-state index is 14.0. The highest BCUT2D eigenvalue weighted by Gasteiger charge is 2.46. The first-order valence-corrected chi connectivity index (χ1v) is 16.8. The maximum Gasteiger partial charge on any atom is 0.284 e. The number of benzene rings is 1. The van der Waals surface area contributed by atoms with Crippen molar-refractivity contribution in [2.75, 3.05) is 25.1 Å². The second-order valence-corrected chi connectivity index (χ2v) is 14.3. The molecule has 1 aromatic carbocycles. The Balaban J connectivity index is 2.16. The van der Waals surface area contributed by atoms with Crippen LogP contribution >= 0.6 is 0 Å². The van der Waals surface area contributed by atoms with Crippen LogP contribution in [0.4, 0.5) is 5.69 Å². The van der Waals surface area contributed by atoms with E-state index in [9.17, 15) is 4.79 Å². The average Bonchev–Trinajstić information content (AvgIpc) is 2.91. The van der Waals surface area contributed by atoms with Crippen molar-refractivity contribution in [2.45, 2.75) is 156 Å². The number of carbonyl (C=O) groups excluding carboxylic acids is 1. The fourth-order valence-corrected chi connectivity index (χ4v) is 5.42. The molecule has 1 heterocycles. The fraction of sp³-hybridized carbons (Fsp3) is 0.806. The number of rotatable bonds is 18. The summed E-state index contributed by atoms with van der Waals surface area (Å²) in [6.07, 6.45) is 15.8. The lowest BCUT2D eigenvalue weighted by Gasteiger charge is -2.42. The van der Waals surface area contributed by atoms with Gasteiger partial charge in [0.1, 0.15) is 5.75 Å². The van der Waals surface area contributed by atoms with Crippen molar-refractivity contribution in [3.05, 3.63) is 23.8 Å². The number of nitrogens with one attached hydrogen (secondary N) is 1. The quantitative estimate of drug-likeness (QED) is 0.178. The molecular formula is C36H63NO4. The van der Waals surface area contributed by atoms with Crippen LogP contribution in [-0.4, -0.2) is 31.5 Å². The number of hydrogen-bond acceptors (Lipinski definition) is 4. The van der Waals surface area contributed by atoms with E-state index in [0.29, 0.717) is 43.6 Å². The summed E-state index contributed by atoms with van der Waals surface area (Å²) in [5, 5.41) is 3.21. The third-order valence-electron chi connectivity index (χ3n) is 8.59. The van der Waals surface area contributed by atoms with Gasteiger partial charge in [0.15, 0.2) is 0 Å². The molecule has 1 aromatic rings. The predicted molar refractivity (Wildman–Crippen MR) is 173 cm³/mol. The van der Waals surface area contributed by atoms with Gasteiger partial charge in [-0.2, -0.15) is 0 Å². The standard InChI is InChI=1S/C36H63NO4/c1-9-11-13-15-17-19-25-39-32-22-21-29(34(3,4)5)27-31(32)37-33(38)36(40-26-20-18-16-14-12-10-2)24-23-30(28-41-36)35(6,7)8/h21-22,27,30H,9-20,23-26,28H2,1-8H3,(H,37,38). The van der Waals surface area contributed by atoms with Crippen LogP contribution in [0.5, 0.6) is 5.75 Å². The van der Waals surface area contributed by atoms with Gasteiger partial charge in [0, 0.05) is 6.42 Å². The zero-order valence-electron chi connectivity index (χ0n) is 28.0. The molecule has 0 saturated carbocycles. The van der Waals surface area contributed by atoms with Crippen LogP contribution in [0, 0.1) is 11.3 Å². The lowest BCUT2D eigenvalue weighted by molar-refractivity contribution is -0.255. The van der Waals surface area contributed by atoms with E-state index in [2.05, 4.69) is 72.8 Å². The highest BCUT2D eigenvalue weighted by molar-refractivity contribution is 5.97. The molecule has 5 nitrogen and oxygen atoms in total. The van der Waals surface area contributed by atoms with Gasteiger partial charge in [-0.25, -0.2) is 0 Å². The van der Waals surface area contributed by atoms with Crippen molar-refractivity contribution in [1.82, 2.24) is 0 Å². The summed E-state index contributed by atoms with van der Waals surface area (Å²) in [6.45, 7) is 19.5. The number of carbonyl (C=O) groups is 1. The molecule has 41 heavy (non-hydrogen) atoms. The van der Waals surface area contributed by atoms with Gasteiger partial charge in [-0.15, -0.1) is 0 Å². The molecule has 0 radical (unpaired) electrons. The average molecular weight is 574 g/mol. The number of ether oxygens (including phenoxy) is 3. The molecule has 1 fully saturated rings. The third kappa shape index (κ3) is 12.3. The highest BCUT2D eigenvalue weighted by Crippen LogP contribution is 2.40. The Morgan fingerprint density at radius 2 is 1.46 bits per heavy atom. The van der Waals surface area contributed by atoms with Crippen LogP contribution in [0.15, 0.2) is 18.2 Å². The van der Waals surface area contributed by atoms with Crippen molar-refractivity contribution in [3.8, 4) is 5.75 Å². The molecular weight excluding hydrogens is 510 g/mol. The first-order chi connectivity index (χ1) is 19.4. The second kappa shape index (κ2) is 17.5. The van der Waals surface area contributed by atoms with E-state index in [4.69, 9.17) is 14.2 Å². The minimum atomic E-state index is -1.26. The van der Waals surface area contributed by atoms with Crippen LogP contribution in [0.2, 0.25) is 0 Å². The lowest BCUT2D eigenvalue weighted by Crippen LogP contribution is -2.53. The first-order valence-electron chi connectivity index (χ1n) is 16.8. The van der Waals surface area contributed by atoms with Crippen LogP contribution in [0.1, 0.15) is 151 Å².